The smallest absolute Gasteiger partial charge is 0.252 e. The summed E-state index contributed by atoms with van der Waals surface area (Å²) in [6.07, 6.45) is 1.02. The zero-order valence-electron chi connectivity index (χ0n) is 12.0. The lowest BCUT2D eigenvalue weighted by atomic mass is 10.1. The largest absolute Gasteiger partial charge is 0.611 e. The molecule has 0 aliphatic heterocycles. The van der Waals surface area contributed by atoms with E-state index in [-0.39, 0.29) is 15.4 Å². The predicted molar refractivity (Wildman–Crippen MR) is 80.6 cm³/mol. The second-order valence-corrected chi connectivity index (χ2v) is 10.1. The van der Waals surface area contributed by atoms with E-state index in [9.17, 15) is 17.8 Å². The monoisotopic (exact) mass is 336 g/mol. The van der Waals surface area contributed by atoms with Crippen LogP contribution in [0, 0.1) is 6.92 Å². The number of hydrogen-bond acceptors (Lipinski definition) is 4. The van der Waals surface area contributed by atoms with Crippen molar-refractivity contribution in [2.45, 2.75) is 42.2 Å². The molecule has 0 aliphatic rings. The molecule has 0 N–H and O–H groups in total. The topological polar surface area (TPSA) is 74.3 Å². The predicted octanol–water partition coefficient (Wildman–Crippen LogP) is 2.68. The first-order chi connectivity index (χ1) is 8.85. The van der Waals surface area contributed by atoms with E-state index in [2.05, 4.69) is 0 Å². The molecule has 0 radical (unpaired) electrons. The molecule has 7 heteroatoms. The van der Waals surface area contributed by atoms with Gasteiger partial charge in [-0.3, -0.25) is 4.79 Å². The Balaban J connectivity index is 3.69. The van der Waals surface area contributed by atoms with Crippen LogP contribution >= 0.6 is 11.6 Å². The molecule has 4 nitrogen and oxygen atoms in total. The molecule has 0 saturated heterocycles. The molecule has 20 heavy (non-hydrogen) atoms. The zero-order valence-corrected chi connectivity index (χ0v) is 14.4. The van der Waals surface area contributed by atoms with Gasteiger partial charge in [0, 0.05) is 11.8 Å². The molecular weight excluding hydrogens is 320 g/mol. The molecule has 0 spiro atoms. The summed E-state index contributed by atoms with van der Waals surface area (Å²) < 4.78 is 35.6. The first kappa shape index (κ1) is 17.5. The van der Waals surface area contributed by atoms with E-state index in [1.807, 2.05) is 0 Å². The maximum atomic E-state index is 12.5. The number of aryl methyl sites for hydroxylation is 1. The van der Waals surface area contributed by atoms with Gasteiger partial charge in [-0.25, -0.2) is 8.42 Å². The third-order valence-electron chi connectivity index (χ3n) is 2.66. The van der Waals surface area contributed by atoms with Gasteiger partial charge in [0.05, 0.1) is 0 Å². The lowest BCUT2D eigenvalue weighted by Gasteiger charge is -2.25. The SMILES string of the molecule is Cc1cc([S+]([O-])C(C)(C)C)c(S(C)(=O)=O)cc1C(=O)Cl. The van der Waals surface area contributed by atoms with Gasteiger partial charge in [-0.05, 0) is 68.2 Å². The Labute approximate surface area is 127 Å². The average Bonchev–Trinajstić information content (AvgIpc) is 2.24. The first-order valence-corrected chi connectivity index (χ1v) is 9.24. The lowest BCUT2D eigenvalue weighted by molar-refractivity contribution is 0.108. The van der Waals surface area contributed by atoms with Crippen molar-refractivity contribution in [3.8, 4) is 0 Å². The van der Waals surface area contributed by atoms with E-state index < -0.39 is 31.0 Å². The summed E-state index contributed by atoms with van der Waals surface area (Å²) >= 11 is 3.92. The van der Waals surface area contributed by atoms with Gasteiger partial charge in [0.15, 0.2) is 14.7 Å². The number of benzene rings is 1. The van der Waals surface area contributed by atoms with Crippen molar-refractivity contribution in [2.75, 3.05) is 6.26 Å². The fraction of sp³-hybridized carbons (Fsp3) is 0.462. The van der Waals surface area contributed by atoms with Gasteiger partial charge in [-0.2, -0.15) is 0 Å². The van der Waals surface area contributed by atoms with Gasteiger partial charge in [0.2, 0.25) is 0 Å². The minimum absolute atomic E-state index is 0.111. The maximum Gasteiger partial charge on any atom is 0.252 e. The Bertz CT molecular complexity index is 645. The van der Waals surface area contributed by atoms with Crippen molar-refractivity contribution in [1.82, 2.24) is 0 Å². The van der Waals surface area contributed by atoms with Crippen molar-refractivity contribution in [3.05, 3.63) is 23.3 Å². The molecule has 0 heterocycles. The molecule has 1 aromatic rings. The van der Waals surface area contributed by atoms with Crippen LogP contribution in [-0.4, -0.2) is 29.2 Å². The Kier molecular flexibility index (Phi) is 4.96. The summed E-state index contributed by atoms with van der Waals surface area (Å²) in [7, 11) is -3.62. The van der Waals surface area contributed by atoms with Crippen molar-refractivity contribution < 1.29 is 17.8 Å². The Morgan fingerprint density at radius 1 is 1.30 bits per heavy atom. The van der Waals surface area contributed by atoms with Gasteiger partial charge in [0.25, 0.3) is 5.24 Å². The molecule has 1 aromatic carbocycles. The first-order valence-electron chi connectivity index (χ1n) is 5.82. The zero-order chi connectivity index (χ0) is 15.9. The highest BCUT2D eigenvalue weighted by atomic mass is 35.5. The standard InChI is InChI=1S/C13H17ClO4S2/c1-8-6-10(19(16)13(2,3)4)11(20(5,17)18)7-9(8)12(14)15/h6-7H,1-5H3. The molecule has 1 rings (SSSR count). The number of rotatable bonds is 3. The number of hydrogen-bond donors (Lipinski definition) is 0. The number of carbonyl (C=O) groups is 1. The van der Waals surface area contributed by atoms with Crippen LogP contribution in [0.4, 0.5) is 0 Å². The van der Waals surface area contributed by atoms with Crippen molar-refractivity contribution in [3.63, 3.8) is 0 Å². The minimum atomic E-state index is -3.62. The Morgan fingerprint density at radius 3 is 2.15 bits per heavy atom. The van der Waals surface area contributed by atoms with E-state index in [1.54, 1.807) is 27.7 Å². The highest BCUT2D eigenvalue weighted by Crippen LogP contribution is 2.32. The van der Waals surface area contributed by atoms with E-state index in [4.69, 9.17) is 11.6 Å². The third-order valence-corrected chi connectivity index (χ3v) is 5.98. The fourth-order valence-electron chi connectivity index (χ4n) is 1.64. The summed E-state index contributed by atoms with van der Waals surface area (Å²) in [5.74, 6) is 0. The van der Waals surface area contributed by atoms with Gasteiger partial charge >= 0.3 is 0 Å². The molecule has 0 fully saturated rings. The van der Waals surface area contributed by atoms with Crippen LogP contribution in [0.2, 0.25) is 0 Å². The second kappa shape index (κ2) is 5.67. The number of carbonyl (C=O) groups excluding carboxylic acids is 1. The summed E-state index contributed by atoms with van der Waals surface area (Å²) in [5.41, 5.74) is 0.617. The third kappa shape index (κ3) is 3.75. The van der Waals surface area contributed by atoms with Crippen LogP contribution in [-0.2, 0) is 21.0 Å². The fourth-order valence-corrected chi connectivity index (χ4v) is 4.46. The lowest BCUT2D eigenvalue weighted by Crippen LogP contribution is -2.29. The van der Waals surface area contributed by atoms with E-state index in [1.165, 1.54) is 12.1 Å². The van der Waals surface area contributed by atoms with Crippen molar-refractivity contribution >= 4 is 37.9 Å². The van der Waals surface area contributed by atoms with Crippen molar-refractivity contribution in [2.24, 2.45) is 0 Å². The quantitative estimate of drug-likeness (QED) is 0.628. The molecule has 1 atom stereocenters. The van der Waals surface area contributed by atoms with Crippen molar-refractivity contribution in [1.29, 1.82) is 0 Å². The highest BCUT2D eigenvalue weighted by Gasteiger charge is 2.34. The average molecular weight is 337 g/mol. The van der Waals surface area contributed by atoms with E-state index >= 15 is 0 Å². The van der Waals surface area contributed by atoms with Gasteiger partial charge < -0.3 is 4.55 Å². The summed E-state index contributed by atoms with van der Waals surface area (Å²) in [6.45, 7) is 6.90. The number of halogens is 1. The molecule has 0 bridgehead atoms. The molecule has 0 aromatic heterocycles. The molecule has 1 unspecified atom stereocenters. The Hall–Kier alpha value is -0.560. The normalized spacial score (nSPS) is 14.2. The van der Waals surface area contributed by atoms with Gasteiger partial charge in [-0.15, -0.1) is 0 Å². The number of sulfone groups is 1. The van der Waals surface area contributed by atoms with Crippen LogP contribution in [0.3, 0.4) is 0 Å². The minimum Gasteiger partial charge on any atom is -0.611 e. The van der Waals surface area contributed by atoms with Crippen LogP contribution in [0.5, 0.6) is 0 Å². The Morgan fingerprint density at radius 2 is 1.80 bits per heavy atom. The summed E-state index contributed by atoms with van der Waals surface area (Å²) in [4.78, 5) is 11.4. The molecule has 112 valence electrons. The van der Waals surface area contributed by atoms with Crippen LogP contribution in [0.1, 0.15) is 36.7 Å². The van der Waals surface area contributed by atoms with E-state index in [0.717, 1.165) is 6.26 Å². The van der Waals surface area contributed by atoms with Crippen LogP contribution in [0.25, 0.3) is 0 Å². The summed E-state index contributed by atoms with van der Waals surface area (Å²) in [6, 6.07) is 2.67. The molecule has 0 saturated carbocycles. The molecule has 0 amide bonds. The highest BCUT2D eigenvalue weighted by molar-refractivity contribution is 7.95. The van der Waals surface area contributed by atoms with Crippen LogP contribution < -0.4 is 0 Å². The molecule has 0 aliphatic carbocycles. The van der Waals surface area contributed by atoms with Gasteiger partial charge in [0.1, 0.15) is 9.64 Å². The van der Waals surface area contributed by atoms with E-state index in [0.29, 0.717) is 5.56 Å². The second-order valence-electron chi connectivity index (χ2n) is 5.54. The van der Waals surface area contributed by atoms with Gasteiger partial charge in [-0.1, -0.05) is 0 Å². The van der Waals surface area contributed by atoms with Crippen LogP contribution in [0.15, 0.2) is 21.9 Å². The molecular formula is C13H17ClO4S2. The maximum absolute atomic E-state index is 12.5. The summed E-state index contributed by atoms with van der Waals surface area (Å²) in [5, 5.41) is -0.736.